The summed E-state index contributed by atoms with van der Waals surface area (Å²) >= 11 is 0. The number of carbonyl (C=O) groups excluding carboxylic acids is 1. The third-order valence-corrected chi connectivity index (χ3v) is 5.00. The Morgan fingerprint density at radius 2 is 1.71 bits per heavy atom. The molecular weight excluding hydrogens is 292 g/mol. The summed E-state index contributed by atoms with van der Waals surface area (Å²) in [5.74, 6) is 0.452. The fourth-order valence-electron chi connectivity index (χ4n) is 3.81. The third kappa shape index (κ3) is 2.67. The minimum atomic E-state index is 0.189. The normalized spacial score (nSPS) is 16.5. The second kappa shape index (κ2) is 6.09. The van der Waals surface area contributed by atoms with Crippen LogP contribution in [0.15, 0.2) is 72.3 Å². The molecule has 24 heavy (non-hydrogen) atoms. The van der Waals surface area contributed by atoms with Crippen LogP contribution in [0.2, 0.25) is 0 Å². The van der Waals surface area contributed by atoms with Crippen molar-refractivity contribution in [3.05, 3.63) is 89.0 Å². The quantitative estimate of drug-likeness (QED) is 0.647. The van der Waals surface area contributed by atoms with Gasteiger partial charge in [0.2, 0.25) is 0 Å². The van der Waals surface area contributed by atoms with Gasteiger partial charge in [0.25, 0.3) is 0 Å². The fourth-order valence-corrected chi connectivity index (χ4v) is 3.81. The van der Waals surface area contributed by atoms with E-state index in [0.29, 0.717) is 0 Å². The van der Waals surface area contributed by atoms with Crippen molar-refractivity contribution in [2.75, 3.05) is 0 Å². The fraction of sp³-hybridized carbons (Fsp3) is 0.174. The van der Waals surface area contributed by atoms with E-state index >= 15 is 0 Å². The molecule has 1 heteroatoms. The molecule has 0 bridgehead atoms. The highest BCUT2D eigenvalue weighted by molar-refractivity contribution is 6.03. The average Bonchev–Trinajstić information content (AvgIpc) is 2.61. The van der Waals surface area contributed by atoms with Crippen LogP contribution in [0.3, 0.4) is 0 Å². The Bertz CT molecular complexity index is 935. The first kappa shape index (κ1) is 14.9. The molecule has 0 fully saturated rings. The van der Waals surface area contributed by atoms with E-state index < -0.39 is 0 Å². The highest BCUT2D eigenvalue weighted by Crippen LogP contribution is 2.35. The zero-order valence-corrected chi connectivity index (χ0v) is 13.8. The molecule has 1 aliphatic carbocycles. The standard InChI is InChI=1S/C23H20O/c1-16(24)22-15-23-19(12-11-18-9-5-6-10-21(18)23)14-20(22)13-17-7-3-2-4-8-17/h2-12,15,20H,13-14H2,1H3. The largest absolute Gasteiger partial charge is 0.295 e. The van der Waals surface area contributed by atoms with Crippen LogP contribution in [-0.2, 0) is 17.6 Å². The molecule has 1 atom stereocenters. The van der Waals surface area contributed by atoms with Crippen molar-refractivity contribution in [3.8, 4) is 0 Å². The van der Waals surface area contributed by atoms with Crippen molar-refractivity contribution in [2.45, 2.75) is 19.8 Å². The summed E-state index contributed by atoms with van der Waals surface area (Å²) in [5.41, 5.74) is 4.82. The highest BCUT2D eigenvalue weighted by atomic mass is 16.1. The number of hydrogen-bond acceptors (Lipinski definition) is 1. The number of benzene rings is 3. The minimum absolute atomic E-state index is 0.189. The Morgan fingerprint density at radius 1 is 0.958 bits per heavy atom. The average molecular weight is 312 g/mol. The van der Waals surface area contributed by atoms with Crippen LogP contribution in [0, 0.1) is 5.92 Å². The van der Waals surface area contributed by atoms with Gasteiger partial charge in [0, 0.05) is 0 Å². The van der Waals surface area contributed by atoms with E-state index in [4.69, 9.17) is 0 Å². The lowest BCUT2D eigenvalue weighted by molar-refractivity contribution is -0.114. The zero-order chi connectivity index (χ0) is 16.5. The summed E-state index contributed by atoms with van der Waals surface area (Å²) in [4.78, 5) is 12.3. The topological polar surface area (TPSA) is 17.1 Å². The van der Waals surface area contributed by atoms with Crippen LogP contribution in [0.25, 0.3) is 16.8 Å². The molecule has 1 nitrogen and oxygen atoms in total. The van der Waals surface area contributed by atoms with E-state index in [1.807, 2.05) is 6.07 Å². The SMILES string of the molecule is CC(=O)C1=Cc2c(ccc3ccccc23)CC1Cc1ccccc1. The summed E-state index contributed by atoms with van der Waals surface area (Å²) in [5, 5.41) is 2.48. The number of carbonyl (C=O) groups is 1. The second-order valence-electron chi connectivity index (χ2n) is 6.61. The zero-order valence-electron chi connectivity index (χ0n) is 13.8. The number of ketones is 1. The van der Waals surface area contributed by atoms with Gasteiger partial charge in [0.15, 0.2) is 5.78 Å². The van der Waals surface area contributed by atoms with Gasteiger partial charge < -0.3 is 0 Å². The first-order valence-corrected chi connectivity index (χ1v) is 8.49. The van der Waals surface area contributed by atoms with Gasteiger partial charge in [-0.15, -0.1) is 0 Å². The summed E-state index contributed by atoms with van der Waals surface area (Å²) in [6, 6.07) is 23.3. The lowest BCUT2D eigenvalue weighted by atomic mass is 9.77. The molecule has 0 saturated heterocycles. The first-order valence-electron chi connectivity index (χ1n) is 8.49. The summed E-state index contributed by atoms with van der Waals surface area (Å²) < 4.78 is 0. The van der Waals surface area contributed by atoms with E-state index in [2.05, 4.69) is 66.7 Å². The van der Waals surface area contributed by atoms with Gasteiger partial charge in [-0.3, -0.25) is 4.79 Å². The molecule has 1 unspecified atom stereocenters. The van der Waals surface area contributed by atoms with Crippen LogP contribution >= 0.6 is 0 Å². The van der Waals surface area contributed by atoms with E-state index in [-0.39, 0.29) is 11.7 Å². The molecule has 0 amide bonds. The Hall–Kier alpha value is -2.67. The van der Waals surface area contributed by atoms with Crippen LogP contribution in [-0.4, -0.2) is 5.78 Å². The predicted octanol–water partition coefficient (Wildman–Crippen LogP) is 5.23. The lowest BCUT2D eigenvalue weighted by Crippen LogP contribution is -2.20. The van der Waals surface area contributed by atoms with Crippen LogP contribution < -0.4 is 0 Å². The molecule has 0 radical (unpaired) electrons. The Balaban J connectivity index is 1.80. The molecule has 0 heterocycles. The monoisotopic (exact) mass is 312 g/mol. The first-order chi connectivity index (χ1) is 11.7. The molecule has 1 aliphatic rings. The molecular formula is C23H20O. The molecule has 118 valence electrons. The number of Topliss-reactive ketones (excluding diaryl/α,β-unsaturated/α-hetero) is 1. The molecule has 3 aromatic carbocycles. The number of allylic oxidation sites excluding steroid dienone is 1. The molecule has 3 aromatic rings. The van der Waals surface area contributed by atoms with E-state index in [1.165, 1.54) is 27.5 Å². The maximum atomic E-state index is 12.3. The Kier molecular flexibility index (Phi) is 3.78. The van der Waals surface area contributed by atoms with E-state index in [0.717, 1.165) is 18.4 Å². The van der Waals surface area contributed by atoms with Gasteiger partial charge in [0.05, 0.1) is 0 Å². The molecule has 0 spiro atoms. The van der Waals surface area contributed by atoms with Gasteiger partial charge in [-0.05, 0) is 64.8 Å². The Morgan fingerprint density at radius 3 is 2.50 bits per heavy atom. The highest BCUT2D eigenvalue weighted by Gasteiger charge is 2.25. The number of fused-ring (bicyclic) bond motifs is 3. The van der Waals surface area contributed by atoms with Crippen LogP contribution in [0.5, 0.6) is 0 Å². The van der Waals surface area contributed by atoms with Crippen LogP contribution in [0.1, 0.15) is 23.6 Å². The number of rotatable bonds is 3. The van der Waals surface area contributed by atoms with Crippen molar-refractivity contribution in [1.82, 2.24) is 0 Å². The predicted molar refractivity (Wildman–Crippen MR) is 99.9 cm³/mol. The minimum Gasteiger partial charge on any atom is -0.295 e. The van der Waals surface area contributed by atoms with Gasteiger partial charge in [0.1, 0.15) is 0 Å². The van der Waals surface area contributed by atoms with E-state index in [1.54, 1.807) is 6.92 Å². The summed E-state index contributed by atoms with van der Waals surface area (Å²) in [6.45, 7) is 1.69. The Labute approximate surface area is 142 Å². The third-order valence-electron chi connectivity index (χ3n) is 5.00. The smallest absolute Gasteiger partial charge is 0.156 e. The van der Waals surface area contributed by atoms with Gasteiger partial charge in [-0.2, -0.15) is 0 Å². The van der Waals surface area contributed by atoms with Crippen LogP contribution in [0.4, 0.5) is 0 Å². The second-order valence-corrected chi connectivity index (χ2v) is 6.61. The molecule has 0 aliphatic heterocycles. The van der Waals surface area contributed by atoms with Crippen molar-refractivity contribution in [3.63, 3.8) is 0 Å². The molecule has 0 saturated carbocycles. The number of hydrogen-bond donors (Lipinski definition) is 0. The van der Waals surface area contributed by atoms with Crippen molar-refractivity contribution >= 4 is 22.6 Å². The molecule has 0 N–H and O–H groups in total. The maximum Gasteiger partial charge on any atom is 0.156 e. The molecule has 4 rings (SSSR count). The summed E-state index contributed by atoms with van der Waals surface area (Å²) in [7, 11) is 0. The van der Waals surface area contributed by atoms with Crippen molar-refractivity contribution in [1.29, 1.82) is 0 Å². The van der Waals surface area contributed by atoms with Crippen molar-refractivity contribution in [2.24, 2.45) is 5.92 Å². The summed E-state index contributed by atoms with van der Waals surface area (Å²) in [6.07, 6.45) is 3.98. The van der Waals surface area contributed by atoms with Gasteiger partial charge in [-0.1, -0.05) is 66.7 Å². The van der Waals surface area contributed by atoms with Gasteiger partial charge in [-0.25, -0.2) is 0 Å². The lowest BCUT2D eigenvalue weighted by Gasteiger charge is -2.26. The van der Waals surface area contributed by atoms with E-state index in [9.17, 15) is 4.79 Å². The maximum absolute atomic E-state index is 12.3. The molecule has 0 aromatic heterocycles. The van der Waals surface area contributed by atoms with Crippen molar-refractivity contribution < 1.29 is 4.79 Å². The van der Waals surface area contributed by atoms with Gasteiger partial charge >= 0.3 is 0 Å².